The molecule has 0 saturated carbocycles. The van der Waals surface area contributed by atoms with Crippen LogP contribution in [0.5, 0.6) is 0 Å². The number of hydrogen-bond donors (Lipinski definition) is 1. The van der Waals surface area contributed by atoms with Crippen molar-refractivity contribution in [2.24, 2.45) is 5.73 Å². The standard InChI is InChI=1S/C20H20ClF4N5O2/c1-11-7-12(20(23,24)25)8-17(27-11)30-16(10-29(6-5-26)19(30)32)18(31)28(2)13-3-4-15(22)14(21)9-13/h3-4,7-9,16H,5-6,10,26H2,1-2H3. The SMILES string of the molecule is Cc1cc(C(F)(F)F)cc(N2C(=O)N(CCN)CC2C(=O)N(C)c2ccc(F)c(Cl)c2)n1. The quantitative estimate of drug-likeness (QED) is 0.674. The number of hydrogen-bond acceptors (Lipinski definition) is 4. The molecule has 3 amide bonds. The molecule has 172 valence electrons. The lowest BCUT2D eigenvalue weighted by molar-refractivity contribution is -0.137. The highest BCUT2D eigenvalue weighted by Gasteiger charge is 2.45. The van der Waals surface area contributed by atoms with Gasteiger partial charge in [-0.25, -0.2) is 14.2 Å². The molecule has 12 heteroatoms. The predicted molar refractivity (Wildman–Crippen MR) is 111 cm³/mol. The number of pyridine rings is 1. The van der Waals surface area contributed by atoms with Gasteiger partial charge in [-0.1, -0.05) is 11.6 Å². The molecule has 1 aliphatic rings. The van der Waals surface area contributed by atoms with Crippen molar-refractivity contribution in [3.63, 3.8) is 0 Å². The Morgan fingerprint density at radius 3 is 2.59 bits per heavy atom. The van der Waals surface area contributed by atoms with Gasteiger partial charge in [-0.2, -0.15) is 13.2 Å². The van der Waals surface area contributed by atoms with E-state index in [0.717, 1.165) is 28.0 Å². The first-order valence-corrected chi connectivity index (χ1v) is 9.88. The summed E-state index contributed by atoms with van der Waals surface area (Å²) in [6, 6.07) is 3.35. The van der Waals surface area contributed by atoms with E-state index in [1.165, 1.54) is 31.0 Å². The number of nitrogens with two attached hydrogens (primary N) is 1. The van der Waals surface area contributed by atoms with Crippen molar-refractivity contribution in [2.75, 3.05) is 36.5 Å². The molecule has 32 heavy (non-hydrogen) atoms. The van der Waals surface area contributed by atoms with Crippen LogP contribution < -0.4 is 15.5 Å². The molecule has 2 heterocycles. The zero-order valence-electron chi connectivity index (χ0n) is 17.2. The summed E-state index contributed by atoms with van der Waals surface area (Å²) in [4.78, 5) is 33.7. The lowest BCUT2D eigenvalue weighted by Gasteiger charge is -2.27. The Balaban J connectivity index is 2.03. The Morgan fingerprint density at radius 1 is 1.31 bits per heavy atom. The number of rotatable bonds is 5. The molecule has 0 aliphatic carbocycles. The molecule has 7 nitrogen and oxygen atoms in total. The van der Waals surface area contributed by atoms with Crippen LogP contribution in [0, 0.1) is 12.7 Å². The summed E-state index contributed by atoms with van der Waals surface area (Å²) in [7, 11) is 1.39. The van der Waals surface area contributed by atoms with Gasteiger partial charge in [0.25, 0.3) is 5.91 Å². The summed E-state index contributed by atoms with van der Waals surface area (Å²) in [6.45, 7) is 1.45. The molecule has 2 aromatic rings. The largest absolute Gasteiger partial charge is 0.416 e. The summed E-state index contributed by atoms with van der Waals surface area (Å²) in [5.74, 6) is -1.59. The third kappa shape index (κ3) is 4.63. The van der Waals surface area contributed by atoms with Crippen LogP contribution in [0.15, 0.2) is 30.3 Å². The highest BCUT2D eigenvalue weighted by Crippen LogP contribution is 2.34. The molecule has 1 fully saturated rings. The smallest absolute Gasteiger partial charge is 0.329 e. The van der Waals surface area contributed by atoms with Crippen molar-refractivity contribution in [1.82, 2.24) is 9.88 Å². The van der Waals surface area contributed by atoms with Gasteiger partial charge in [0.1, 0.15) is 17.7 Å². The molecule has 1 atom stereocenters. The summed E-state index contributed by atoms with van der Waals surface area (Å²) < 4.78 is 53.5. The lowest BCUT2D eigenvalue weighted by atomic mass is 10.1. The zero-order chi connectivity index (χ0) is 23.8. The van der Waals surface area contributed by atoms with Crippen LogP contribution in [0.4, 0.5) is 33.9 Å². The average molecular weight is 474 g/mol. The first kappa shape index (κ1) is 23.7. The maximum Gasteiger partial charge on any atom is 0.416 e. The van der Waals surface area contributed by atoms with Crippen LogP contribution in [-0.2, 0) is 11.0 Å². The normalized spacial score (nSPS) is 16.6. The van der Waals surface area contributed by atoms with Gasteiger partial charge >= 0.3 is 12.2 Å². The molecule has 1 aliphatic heterocycles. The minimum Gasteiger partial charge on any atom is -0.329 e. The maximum atomic E-state index is 13.5. The van der Waals surface area contributed by atoms with E-state index in [1.807, 2.05) is 0 Å². The summed E-state index contributed by atoms with van der Waals surface area (Å²) in [5.41, 5.74) is 4.83. The van der Waals surface area contributed by atoms with Gasteiger partial charge in [-0.15, -0.1) is 0 Å². The van der Waals surface area contributed by atoms with Crippen molar-refractivity contribution in [3.8, 4) is 0 Å². The predicted octanol–water partition coefficient (Wildman–Crippen LogP) is 3.43. The molecule has 2 N–H and O–H groups in total. The van der Waals surface area contributed by atoms with Crippen LogP contribution in [0.25, 0.3) is 0 Å². The number of likely N-dealkylation sites (N-methyl/N-ethyl adjacent to an activating group) is 1. The van der Waals surface area contributed by atoms with Crippen molar-refractivity contribution in [3.05, 3.63) is 52.4 Å². The van der Waals surface area contributed by atoms with E-state index in [9.17, 15) is 27.2 Å². The molecule has 0 spiro atoms. The highest BCUT2D eigenvalue weighted by atomic mass is 35.5. The molecule has 0 bridgehead atoms. The summed E-state index contributed by atoms with van der Waals surface area (Å²) in [5, 5.41) is -0.207. The fourth-order valence-electron chi connectivity index (χ4n) is 3.43. The summed E-state index contributed by atoms with van der Waals surface area (Å²) >= 11 is 5.80. The number of carbonyl (C=O) groups is 2. The number of halogens is 5. The van der Waals surface area contributed by atoms with E-state index in [2.05, 4.69) is 4.98 Å². The fourth-order valence-corrected chi connectivity index (χ4v) is 3.60. The van der Waals surface area contributed by atoms with Crippen molar-refractivity contribution >= 4 is 35.0 Å². The van der Waals surface area contributed by atoms with E-state index in [4.69, 9.17) is 17.3 Å². The van der Waals surface area contributed by atoms with Gasteiger partial charge in [0.15, 0.2) is 0 Å². The summed E-state index contributed by atoms with van der Waals surface area (Å²) in [6.07, 6.45) is -4.66. The highest BCUT2D eigenvalue weighted by molar-refractivity contribution is 6.31. The van der Waals surface area contributed by atoms with E-state index in [-0.39, 0.29) is 41.9 Å². The number of amides is 3. The minimum atomic E-state index is -4.66. The van der Waals surface area contributed by atoms with Gasteiger partial charge in [0.2, 0.25) is 0 Å². The number of benzene rings is 1. The molecule has 1 saturated heterocycles. The second kappa shape index (κ2) is 8.91. The van der Waals surface area contributed by atoms with Gasteiger partial charge in [-0.3, -0.25) is 9.69 Å². The third-order valence-corrected chi connectivity index (χ3v) is 5.29. The molecule has 0 radical (unpaired) electrons. The van der Waals surface area contributed by atoms with Gasteiger partial charge < -0.3 is 15.5 Å². The lowest BCUT2D eigenvalue weighted by Crippen LogP contribution is -2.47. The topological polar surface area (TPSA) is 82.8 Å². The molecule has 1 aromatic heterocycles. The third-order valence-electron chi connectivity index (χ3n) is 5.00. The Morgan fingerprint density at radius 2 is 2.00 bits per heavy atom. The van der Waals surface area contributed by atoms with Crippen molar-refractivity contribution in [1.29, 1.82) is 0 Å². The van der Waals surface area contributed by atoms with E-state index in [0.29, 0.717) is 0 Å². The molecular formula is C20H20ClF4N5O2. The molecule has 1 unspecified atom stereocenters. The van der Waals surface area contributed by atoms with Gasteiger partial charge in [0, 0.05) is 31.5 Å². The molecule has 1 aromatic carbocycles. The van der Waals surface area contributed by atoms with Crippen LogP contribution in [0.1, 0.15) is 11.3 Å². The van der Waals surface area contributed by atoms with E-state index in [1.54, 1.807) is 0 Å². The maximum absolute atomic E-state index is 13.5. The number of urea groups is 1. The second-order valence-electron chi connectivity index (χ2n) is 7.25. The first-order chi connectivity index (χ1) is 14.9. The van der Waals surface area contributed by atoms with Gasteiger partial charge in [0.05, 0.1) is 17.1 Å². The number of aromatic nitrogens is 1. The van der Waals surface area contributed by atoms with Crippen LogP contribution in [-0.4, -0.2) is 54.5 Å². The minimum absolute atomic E-state index is 0.0322. The van der Waals surface area contributed by atoms with E-state index >= 15 is 0 Å². The fraction of sp³-hybridized carbons (Fsp3) is 0.350. The van der Waals surface area contributed by atoms with E-state index < -0.39 is 35.5 Å². The first-order valence-electron chi connectivity index (χ1n) is 9.50. The average Bonchev–Trinajstić information content (AvgIpc) is 3.04. The number of nitrogens with zero attached hydrogens (tertiary/aromatic N) is 4. The number of anilines is 2. The monoisotopic (exact) mass is 473 g/mol. The number of aryl methyl sites for hydroxylation is 1. The Bertz CT molecular complexity index is 1050. The Labute approximate surface area is 186 Å². The Hall–Kier alpha value is -2.92. The van der Waals surface area contributed by atoms with Crippen LogP contribution >= 0.6 is 11.6 Å². The van der Waals surface area contributed by atoms with Gasteiger partial charge in [-0.05, 0) is 37.3 Å². The number of alkyl halides is 3. The van der Waals surface area contributed by atoms with Crippen molar-refractivity contribution in [2.45, 2.75) is 19.1 Å². The molecular weight excluding hydrogens is 454 g/mol. The van der Waals surface area contributed by atoms with Crippen LogP contribution in [0.3, 0.4) is 0 Å². The molecule has 3 rings (SSSR count). The van der Waals surface area contributed by atoms with Crippen molar-refractivity contribution < 1.29 is 27.2 Å². The van der Waals surface area contributed by atoms with Crippen LogP contribution in [0.2, 0.25) is 5.02 Å². The number of carbonyl (C=O) groups excluding carboxylic acids is 2. The Kier molecular flexibility index (Phi) is 6.61. The second-order valence-corrected chi connectivity index (χ2v) is 7.66. The zero-order valence-corrected chi connectivity index (χ0v) is 17.9.